The molecule has 0 spiro atoms. The molecule has 3 aromatic rings. The van der Waals surface area contributed by atoms with Gasteiger partial charge in [-0.05, 0) is 36.4 Å². The average molecular weight is 519 g/mol. The number of carboxylic acid groups (broad SMARTS) is 1. The van der Waals surface area contributed by atoms with E-state index in [9.17, 15) is 37.1 Å². The van der Waals surface area contributed by atoms with E-state index in [0.29, 0.717) is 5.69 Å². The summed E-state index contributed by atoms with van der Waals surface area (Å²) in [6.45, 7) is 0.858. The fourth-order valence-electron chi connectivity index (χ4n) is 3.61. The van der Waals surface area contributed by atoms with Crippen molar-refractivity contribution in [3.8, 4) is 0 Å². The maximum absolute atomic E-state index is 13.1. The van der Waals surface area contributed by atoms with Gasteiger partial charge in [-0.2, -0.15) is 18.3 Å². The van der Waals surface area contributed by atoms with Gasteiger partial charge in [-0.15, -0.1) is 5.10 Å². The Morgan fingerprint density at radius 1 is 0.946 bits per heavy atom. The Morgan fingerprint density at radius 2 is 1.62 bits per heavy atom. The zero-order valence-electron chi connectivity index (χ0n) is 19.2. The molecule has 1 aliphatic heterocycles. The average Bonchev–Trinajstić information content (AvgIpc) is 2.88. The number of carbonyl (C=O) groups excluding carboxylic acids is 2. The number of hydrogen-bond acceptors (Lipinski definition) is 6. The Kier molecular flexibility index (Phi) is 8.37. The number of aromatic carboxylic acids is 1. The van der Waals surface area contributed by atoms with Gasteiger partial charge in [-0.3, -0.25) is 9.59 Å². The Hall–Kier alpha value is -4.55. The zero-order chi connectivity index (χ0) is 27.2. The second-order valence-corrected chi connectivity index (χ2v) is 7.77. The van der Waals surface area contributed by atoms with E-state index < -0.39 is 40.9 Å². The highest BCUT2D eigenvalue weighted by molar-refractivity contribution is 5.96. The van der Waals surface area contributed by atoms with Crippen molar-refractivity contribution in [2.24, 2.45) is 5.73 Å². The quantitative estimate of drug-likeness (QED) is 0.507. The first-order valence-corrected chi connectivity index (χ1v) is 10.8. The SMILES string of the molecule is NC(=O)c1cccc(F)c1.O=C(O)c1nnccc1N1CCN(C(=O)c2ccccc2C(F)(F)F)CC1. The minimum absolute atomic E-state index is 0.159. The molecular weight excluding hydrogens is 498 g/mol. The largest absolute Gasteiger partial charge is 0.476 e. The van der Waals surface area contributed by atoms with E-state index in [-0.39, 0.29) is 37.4 Å². The van der Waals surface area contributed by atoms with Gasteiger partial charge >= 0.3 is 12.1 Å². The number of carboxylic acids is 1. The molecule has 37 heavy (non-hydrogen) atoms. The normalized spacial score (nSPS) is 13.4. The summed E-state index contributed by atoms with van der Waals surface area (Å²) < 4.78 is 51.7. The molecule has 3 N–H and O–H groups in total. The van der Waals surface area contributed by atoms with E-state index in [1.807, 2.05) is 0 Å². The van der Waals surface area contributed by atoms with Gasteiger partial charge in [0.25, 0.3) is 5.91 Å². The lowest BCUT2D eigenvalue weighted by molar-refractivity contribution is -0.138. The van der Waals surface area contributed by atoms with Crippen LogP contribution in [0.4, 0.5) is 23.2 Å². The highest BCUT2D eigenvalue weighted by Gasteiger charge is 2.36. The van der Waals surface area contributed by atoms with Crippen LogP contribution in [0.2, 0.25) is 0 Å². The number of rotatable bonds is 4. The maximum Gasteiger partial charge on any atom is 0.417 e. The number of anilines is 1. The van der Waals surface area contributed by atoms with Crippen LogP contribution in [-0.4, -0.2) is 64.2 Å². The standard InChI is InChI=1S/C17H15F3N4O3.C7H6FNO/c18-17(19,20)12-4-2-1-3-11(12)15(25)24-9-7-23(8-10-24)13-5-6-21-22-14(13)16(26)27;8-6-3-1-2-5(4-6)7(9)10/h1-6H,7-10H2,(H,26,27);1-4H,(H2,9,10). The number of halogens is 4. The number of hydrogen-bond donors (Lipinski definition) is 2. The Labute approximate surface area is 208 Å². The molecule has 2 amide bonds. The van der Waals surface area contributed by atoms with Gasteiger partial charge in [-0.1, -0.05) is 18.2 Å². The molecule has 0 radical (unpaired) electrons. The number of aromatic nitrogens is 2. The fourth-order valence-corrected chi connectivity index (χ4v) is 3.61. The minimum atomic E-state index is -4.62. The van der Waals surface area contributed by atoms with Crippen LogP contribution >= 0.6 is 0 Å². The molecule has 2 aromatic carbocycles. The third-order valence-corrected chi connectivity index (χ3v) is 5.38. The van der Waals surface area contributed by atoms with E-state index in [1.165, 1.54) is 47.5 Å². The topological polar surface area (TPSA) is 130 Å². The van der Waals surface area contributed by atoms with Crippen molar-refractivity contribution in [2.75, 3.05) is 31.1 Å². The van der Waals surface area contributed by atoms with E-state index in [4.69, 9.17) is 5.73 Å². The van der Waals surface area contributed by atoms with E-state index in [0.717, 1.165) is 18.2 Å². The van der Waals surface area contributed by atoms with E-state index in [2.05, 4.69) is 10.2 Å². The Bertz CT molecular complexity index is 1290. The molecule has 13 heteroatoms. The molecule has 1 fully saturated rings. The van der Waals surface area contributed by atoms with Crippen LogP contribution in [0.3, 0.4) is 0 Å². The Morgan fingerprint density at radius 3 is 2.19 bits per heavy atom. The van der Waals surface area contributed by atoms with Crippen LogP contribution in [0, 0.1) is 5.82 Å². The number of piperazine rings is 1. The van der Waals surface area contributed by atoms with Gasteiger partial charge < -0.3 is 20.6 Å². The predicted molar refractivity (Wildman–Crippen MR) is 123 cm³/mol. The van der Waals surface area contributed by atoms with E-state index >= 15 is 0 Å². The minimum Gasteiger partial charge on any atom is -0.476 e. The third-order valence-electron chi connectivity index (χ3n) is 5.38. The van der Waals surface area contributed by atoms with Crippen LogP contribution in [-0.2, 0) is 6.18 Å². The number of amides is 2. The van der Waals surface area contributed by atoms with Crippen molar-refractivity contribution in [1.82, 2.24) is 15.1 Å². The second kappa shape index (κ2) is 11.5. The first-order chi connectivity index (χ1) is 17.5. The van der Waals surface area contributed by atoms with Gasteiger partial charge in [-0.25, -0.2) is 9.18 Å². The molecular formula is C24H21F4N5O4. The lowest BCUT2D eigenvalue weighted by Crippen LogP contribution is -2.49. The van der Waals surface area contributed by atoms with Gasteiger partial charge in [0.1, 0.15) is 5.82 Å². The molecule has 4 rings (SSSR count). The lowest BCUT2D eigenvalue weighted by Gasteiger charge is -2.36. The summed E-state index contributed by atoms with van der Waals surface area (Å²) in [6.07, 6.45) is -3.26. The van der Waals surface area contributed by atoms with Crippen molar-refractivity contribution in [3.63, 3.8) is 0 Å². The summed E-state index contributed by atoms with van der Waals surface area (Å²) in [6, 6.07) is 11.4. The van der Waals surface area contributed by atoms with Gasteiger partial charge in [0, 0.05) is 31.7 Å². The third kappa shape index (κ3) is 6.78. The summed E-state index contributed by atoms with van der Waals surface area (Å²) in [7, 11) is 0. The highest BCUT2D eigenvalue weighted by Crippen LogP contribution is 2.32. The maximum atomic E-state index is 13.1. The number of alkyl halides is 3. The monoisotopic (exact) mass is 519 g/mol. The molecule has 0 bridgehead atoms. The molecule has 2 heterocycles. The fraction of sp³-hybridized carbons (Fsp3) is 0.208. The van der Waals surface area contributed by atoms with Crippen molar-refractivity contribution in [2.45, 2.75) is 6.18 Å². The molecule has 0 atom stereocenters. The molecule has 194 valence electrons. The van der Waals surface area contributed by atoms with Crippen LogP contribution < -0.4 is 10.6 Å². The number of benzene rings is 2. The predicted octanol–water partition coefficient (Wildman–Crippen LogP) is 3.08. The summed E-state index contributed by atoms with van der Waals surface area (Å²) in [5, 5.41) is 16.3. The smallest absolute Gasteiger partial charge is 0.417 e. The highest BCUT2D eigenvalue weighted by atomic mass is 19.4. The van der Waals surface area contributed by atoms with Crippen LogP contribution in [0.5, 0.6) is 0 Å². The lowest BCUT2D eigenvalue weighted by atomic mass is 10.1. The summed E-state index contributed by atoms with van der Waals surface area (Å²) in [5.74, 6) is -2.99. The summed E-state index contributed by atoms with van der Waals surface area (Å²) in [4.78, 5) is 37.3. The molecule has 1 saturated heterocycles. The number of carbonyl (C=O) groups is 3. The molecule has 0 saturated carbocycles. The van der Waals surface area contributed by atoms with Gasteiger partial charge in [0.2, 0.25) is 5.91 Å². The molecule has 1 aliphatic rings. The second-order valence-electron chi connectivity index (χ2n) is 7.77. The van der Waals surface area contributed by atoms with Gasteiger partial charge in [0.15, 0.2) is 5.69 Å². The number of nitrogens with zero attached hydrogens (tertiary/aromatic N) is 4. The van der Waals surface area contributed by atoms with E-state index in [1.54, 1.807) is 4.90 Å². The number of primary amides is 1. The van der Waals surface area contributed by atoms with Crippen molar-refractivity contribution >= 4 is 23.5 Å². The first-order valence-electron chi connectivity index (χ1n) is 10.8. The van der Waals surface area contributed by atoms with Gasteiger partial charge in [0.05, 0.1) is 23.0 Å². The van der Waals surface area contributed by atoms with Crippen LogP contribution in [0.15, 0.2) is 60.8 Å². The zero-order valence-corrected chi connectivity index (χ0v) is 19.2. The van der Waals surface area contributed by atoms with Crippen LogP contribution in [0.25, 0.3) is 0 Å². The van der Waals surface area contributed by atoms with Crippen molar-refractivity contribution < 1.29 is 37.1 Å². The number of nitrogens with two attached hydrogens (primary N) is 1. The summed E-state index contributed by atoms with van der Waals surface area (Å²) in [5.41, 5.74) is 3.86. The summed E-state index contributed by atoms with van der Waals surface area (Å²) >= 11 is 0. The molecule has 0 unspecified atom stereocenters. The first kappa shape index (κ1) is 27.0. The van der Waals surface area contributed by atoms with Crippen molar-refractivity contribution in [3.05, 3.63) is 89.0 Å². The molecule has 1 aromatic heterocycles. The van der Waals surface area contributed by atoms with Crippen LogP contribution in [0.1, 0.15) is 36.8 Å². The Balaban J connectivity index is 0.000000319. The molecule has 0 aliphatic carbocycles. The molecule has 9 nitrogen and oxygen atoms in total. The van der Waals surface area contributed by atoms with Crippen molar-refractivity contribution in [1.29, 1.82) is 0 Å².